The van der Waals surface area contributed by atoms with Gasteiger partial charge in [-0.15, -0.1) is 24.0 Å². The van der Waals surface area contributed by atoms with E-state index in [1.54, 1.807) is 7.11 Å². The number of hydrogen-bond acceptors (Lipinski definition) is 3. The Balaban J connectivity index is 0.00000312. The molecule has 0 aromatic heterocycles. The molecule has 1 aliphatic carbocycles. The Bertz CT molecular complexity index is 405. The number of aliphatic imine (C=N–C) groups is 1. The fourth-order valence-corrected chi connectivity index (χ4v) is 3.99. The first-order chi connectivity index (χ1) is 11.4. The molecule has 0 aromatic carbocycles. The van der Waals surface area contributed by atoms with E-state index >= 15 is 0 Å². The Morgan fingerprint density at radius 3 is 2.48 bits per heavy atom. The molecule has 2 rings (SSSR count). The zero-order valence-corrected chi connectivity index (χ0v) is 19.1. The summed E-state index contributed by atoms with van der Waals surface area (Å²) in [4.78, 5) is 7.02. The first kappa shape index (κ1) is 23.0. The molecule has 0 amide bonds. The molecule has 1 heterocycles. The molecule has 148 valence electrons. The second-order valence-corrected chi connectivity index (χ2v) is 8.58. The first-order valence-electron chi connectivity index (χ1n) is 9.64. The molecule has 1 saturated carbocycles. The van der Waals surface area contributed by atoms with Crippen LogP contribution in [0.15, 0.2) is 4.99 Å². The summed E-state index contributed by atoms with van der Waals surface area (Å²) in [7, 11) is 3.63. The lowest BCUT2D eigenvalue weighted by Crippen LogP contribution is -2.48. The van der Waals surface area contributed by atoms with Gasteiger partial charge in [-0.1, -0.05) is 33.6 Å². The summed E-state index contributed by atoms with van der Waals surface area (Å²) in [5.41, 5.74) is 0.117. The number of ether oxygens (including phenoxy) is 1. The van der Waals surface area contributed by atoms with Gasteiger partial charge >= 0.3 is 0 Å². The molecule has 2 N–H and O–H groups in total. The summed E-state index contributed by atoms with van der Waals surface area (Å²) in [5, 5.41) is 7.03. The first-order valence-corrected chi connectivity index (χ1v) is 9.64. The van der Waals surface area contributed by atoms with E-state index in [9.17, 15) is 0 Å². The number of methoxy groups -OCH3 is 1. The lowest BCUT2D eigenvalue weighted by molar-refractivity contribution is 0.0205. The average Bonchev–Trinajstić information content (AvgIpc) is 3.18. The normalized spacial score (nSPS) is 24.2. The van der Waals surface area contributed by atoms with Crippen LogP contribution in [0.5, 0.6) is 0 Å². The molecule has 2 aliphatic rings. The van der Waals surface area contributed by atoms with Crippen molar-refractivity contribution in [3.05, 3.63) is 0 Å². The van der Waals surface area contributed by atoms with Crippen molar-refractivity contribution < 1.29 is 4.74 Å². The van der Waals surface area contributed by atoms with E-state index < -0.39 is 0 Å². The molecule has 0 spiro atoms. The summed E-state index contributed by atoms with van der Waals surface area (Å²) in [6.07, 6.45) is 7.11. The summed E-state index contributed by atoms with van der Waals surface area (Å²) in [5.74, 6) is 1.84. The van der Waals surface area contributed by atoms with Crippen molar-refractivity contribution in [2.75, 3.05) is 40.3 Å². The summed E-state index contributed by atoms with van der Waals surface area (Å²) < 4.78 is 5.62. The molecule has 1 aliphatic heterocycles. The Morgan fingerprint density at radius 1 is 1.24 bits per heavy atom. The van der Waals surface area contributed by atoms with Gasteiger partial charge < -0.3 is 20.3 Å². The van der Waals surface area contributed by atoms with Crippen LogP contribution in [0, 0.1) is 11.3 Å². The fraction of sp³-hybridized carbons (Fsp3) is 0.947. The maximum atomic E-state index is 5.62. The van der Waals surface area contributed by atoms with E-state index in [4.69, 9.17) is 4.74 Å². The van der Waals surface area contributed by atoms with Crippen LogP contribution in [0.3, 0.4) is 0 Å². The number of guanidine groups is 1. The zero-order chi connectivity index (χ0) is 17.6. The molecular formula is C19H39IN4O. The number of likely N-dealkylation sites (tertiary alicyclic amines) is 1. The van der Waals surface area contributed by atoms with Gasteiger partial charge in [-0.25, -0.2) is 0 Å². The third-order valence-electron chi connectivity index (χ3n) is 5.53. The number of nitrogens with zero attached hydrogens (tertiary/aromatic N) is 2. The van der Waals surface area contributed by atoms with Gasteiger partial charge in [0.1, 0.15) is 0 Å². The van der Waals surface area contributed by atoms with Crippen LogP contribution < -0.4 is 10.6 Å². The monoisotopic (exact) mass is 466 g/mol. The molecule has 0 radical (unpaired) electrons. The van der Waals surface area contributed by atoms with E-state index in [1.807, 2.05) is 7.05 Å². The molecule has 25 heavy (non-hydrogen) atoms. The maximum absolute atomic E-state index is 5.62. The number of rotatable bonds is 6. The van der Waals surface area contributed by atoms with E-state index in [0.717, 1.165) is 25.0 Å². The highest BCUT2D eigenvalue weighted by molar-refractivity contribution is 14.0. The number of hydrogen-bond donors (Lipinski definition) is 2. The van der Waals surface area contributed by atoms with Crippen LogP contribution in [0.25, 0.3) is 0 Å². The van der Waals surface area contributed by atoms with Crippen LogP contribution in [0.1, 0.15) is 52.9 Å². The van der Waals surface area contributed by atoms with Gasteiger partial charge in [-0.05, 0) is 30.6 Å². The van der Waals surface area contributed by atoms with Crippen molar-refractivity contribution in [1.29, 1.82) is 0 Å². The Labute approximate surface area is 171 Å². The van der Waals surface area contributed by atoms with Gasteiger partial charge in [-0.3, -0.25) is 4.99 Å². The van der Waals surface area contributed by atoms with Gasteiger partial charge in [0.2, 0.25) is 0 Å². The average molecular weight is 466 g/mol. The molecule has 2 unspecified atom stereocenters. The van der Waals surface area contributed by atoms with Gasteiger partial charge in [0.05, 0.1) is 6.10 Å². The Morgan fingerprint density at radius 2 is 1.92 bits per heavy atom. The molecule has 0 bridgehead atoms. The maximum Gasteiger partial charge on any atom is 0.191 e. The SMILES string of the molecule is CN=C(NCC(OC)C(C)(C)C)NC1CCN(CC2CCCC2)C1.I. The molecule has 6 heteroatoms. The predicted octanol–water partition coefficient (Wildman–Crippen LogP) is 3.10. The van der Waals surface area contributed by atoms with Crippen LogP contribution in [-0.2, 0) is 4.74 Å². The number of halogens is 1. The lowest BCUT2D eigenvalue weighted by Gasteiger charge is -2.30. The standard InChI is InChI=1S/C19H38N4O.HI/c1-19(2,3)17(24-5)12-21-18(20-4)22-16-10-11-23(14-16)13-15-8-6-7-9-15;/h15-17H,6-14H2,1-5H3,(H2,20,21,22);1H. The summed E-state index contributed by atoms with van der Waals surface area (Å²) in [6.45, 7) is 11.0. The van der Waals surface area contributed by atoms with Crippen LogP contribution in [0.2, 0.25) is 0 Å². The Hall–Kier alpha value is -0.0800. The topological polar surface area (TPSA) is 48.9 Å². The molecular weight excluding hydrogens is 427 g/mol. The van der Waals surface area contributed by atoms with Crippen LogP contribution in [0.4, 0.5) is 0 Å². The third kappa shape index (κ3) is 7.59. The van der Waals surface area contributed by atoms with Gasteiger partial charge in [-0.2, -0.15) is 0 Å². The predicted molar refractivity (Wildman–Crippen MR) is 117 cm³/mol. The highest BCUT2D eigenvalue weighted by Crippen LogP contribution is 2.26. The zero-order valence-electron chi connectivity index (χ0n) is 16.8. The van der Waals surface area contributed by atoms with Crippen molar-refractivity contribution in [3.63, 3.8) is 0 Å². The van der Waals surface area contributed by atoms with Crippen molar-refractivity contribution in [2.24, 2.45) is 16.3 Å². The highest BCUT2D eigenvalue weighted by atomic mass is 127. The van der Waals surface area contributed by atoms with Crippen LogP contribution in [-0.4, -0.2) is 63.3 Å². The summed E-state index contributed by atoms with van der Waals surface area (Å²) in [6, 6.07) is 0.508. The molecule has 0 aromatic rings. The van der Waals surface area contributed by atoms with E-state index in [1.165, 1.54) is 45.2 Å². The fourth-order valence-electron chi connectivity index (χ4n) is 3.99. The highest BCUT2D eigenvalue weighted by Gasteiger charge is 2.27. The minimum absolute atomic E-state index is 0. The van der Waals surface area contributed by atoms with Gasteiger partial charge in [0.15, 0.2) is 5.96 Å². The minimum Gasteiger partial charge on any atom is -0.379 e. The largest absolute Gasteiger partial charge is 0.379 e. The van der Waals surface area contributed by atoms with Crippen molar-refractivity contribution in [3.8, 4) is 0 Å². The van der Waals surface area contributed by atoms with E-state index in [2.05, 4.69) is 41.3 Å². The lowest BCUT2D eigenvalue weighted by atomic mass is 9.89. The second-order valence-electron chi connectivity index (χ2n) is 8.58. The van der Waals surface area contributed by atoms with Crippen molar-refractivity contribution >= 4 is 29.9 Å². The van der Waals surface area contributed by atoms with Crippen molar-refractivity contribution in [1.82, 2.24) is 15.5 Å². The number of nitrogens with one attached hydrogen (secondary N) is 2. The van der Waals surface area contributed by atoms with Crippen LogP contribution >= 0.6 is 24.0 Å². The summed E-state index contributed by atoms with van der Waals surface area (Å²) >= 11 is 0. The second kappa shape index (κ2) is 10.9. The minimum atomic E-state index is 0. The van der Waals surface area contributed by atoms with Crippen molar-refractivity contribution in [2.45, 2.75) is 65.0 Å². The third-order valence-corrected chi connectivity index (χ3v) is 5.53. The quantitative estimate of drug-likeness (QED) is 0.359. The molecule has 2 atom stereocenters. The smallest absolute Gasteiger partial charge is 0.191 e. The molecule has 1 saturated heterocycles. The van der Waals surface area contributed by atoms with Gasteiger partial charge in [0.25, 0.3) is 0 Å². The van der Waals surface area contributed by atoms with E-state index in [0.29, 0.717) is 6.04 Å². The molecule has 5 nitrogen and oxygen atoms in total. The molecule has 2 fully saturated rings. The van der Waals surface area contributed by atoms with E-state index in [-0.39, 0.29) is 35.5 Å². The Kier molecular flexibility index (Phi) is 10.0. The van der Waals surface area contributed by atoms with Gasteiger partial charge in [0, 0.05) is 46.4 Å².